The van der Waals surface area contributed by atoms with Gasteiger partial charge in [-0.2, -0.15) is 0 Å². The largest absolute Gasteiger partial charge is 0.457 e. The summed E-state index contributed by atoms with van der Waals surface area (Å²) in [6, 6.07) is 49.1. The van der Waals surface area contributed by atoms with Crippen molar-refractivity contribution in [2.24, 2.45) is 0 Å². The molecule has 5 nitrogen and oxygen atoms in total. The Morgan fingerprint density at radius 2 is 1.12 bits per heavy atom. The van der Waals surface area contributed by atoms with E-state index in [0.29, 0.717) is 5.57 Å². The van der Waals surface area contributed by atoms with Crippen LogP contribution in [0.3, 0.4) is 0 Å². The smallest absolute Gasteiger partial charge is 0.333 e. The Hall–Kier alpha value is -5.81. The molecule has 1 fully saturated rings. The molecular formula is C51H55N3O2. The Kier molecular flexibility index (Phi) is 11.9. The number of carbonyl (C=O) groups is 1. The lowest BCUT2D eigenvalue weighted by molar-refractivity contribution is -0.146. The molecule has 1 saturated carbocycles. The van der Waals surface area contributed by atoms with Crippen molar-refractivity contribution in [3.8, 4) is 0 Å². The van der Waals surface area contributed by atoms with Gasteiger partial charge < -0.3 is 19.9 Å². The highest BCUT2D eigenvalue weighted by Crippen LogP contribution is 2.41. The summed E-state index contributed by atoms with van der Waals surface area (Å²) in [6.45, 7) is 15.9. The topological polar surface area (TPSA) is 44.8 Å². The van der Waals surface area contributed by atoms with Gasteiger partial charge in [-0.15, -0.1) is 0 Å². The van der Waals surface area contributed by atoms with Gasteiger partial charge in [0.2, 0.25) is 0 Å². The van der Waals surface area contributed by atoms with Crippen LogP contribution in [0.2, 0.25) is 0 Å². The molecular weight excluding hydrogens is 687 g/mol. The lowest BCUT2D eigenvalue weighted by Gasteiger charge is -2.33. The first-order chi connectivity index (χ1) is 27.2. The van der Waals surface area contributed by atoms with Crippen LogP contribution < -0.4 is 15.1 Å². The van der Waals surface area contributed by atoms with Crippen LogP contribution in [0, 0.1) is 13.8 Å². The maximum absolute atomic E-state index is 12.6. The minimum Gasteiger partial charge on any atom is -0.457 e. The Labute approximate surface area is 333 Å². The first-order valence-electron chi connectivity index (χ1n) is 20.3. The lowest BCUT2D eigenvalue weighted by Crippen LogP contribution is -2.40. The standard InChI is InChI=1S/C51H55N3O2/c1-7-53(40-25-17-36(5)18-26-40)42-29-21-38(22-30-42)50(39-23-31-43(32-24-39)54(8-2)41-27-19-37(6)20-28-41)46-33-34-47(45-14-10-9-13-44(45)46)52-48-15-11-12-16-49(48)56-51(55)35(3)4/h9-10,13-14,17-34,48-50,52H,3,7-8,11-12,15-16H2,1-2,4-6H3. The highest BCUT2D eigenvalue weighted by atomic mass is 16.5. The molecule has 7 rings (SSSR count). The molecule has 5 heteroatoms. The molecule has 0 spiro atoms. The van der Waals surface area contributed by atoms with Gasteiger partial charge in [-0.3, -0.25) is 0 Å². The first-order valence-corrected chi connectivity index (χ1v) is 20.3. The number of fused-ring (bicyclic) bond motifs is 1. The van der Waals surface area contributed by atoms with E-state index in [-0.39, 0.29) is 24.0 Å². The number of nitrogens with zero attached hydrogens (tertiary/aromatic N) is 2. The number of benzene rings is 6. The minimum atomic E-state index is -0.314. The third-order valence-corrected chi connectivity index (χ3v) is 11.3. The number of aryl methyl sites for hydroxylation is 2. The van der Waals surface area contributed by atoms with Gasteiger partial charge in [0, 0.05) is 58.4 Å². The quantitative estimate of drug-likeness (QED) is 0.0725. The Bertz CT molecular complexity index is 2160. The van der Waals surface area contributed by atoms with Crippen LogP contribution in [0.5, 0.6) is 0 Å². The molecule has 6 aromatic carbocycles. The Morgan fingerprint density at radius 1 is 0.661 bits per heavy atom. The molecule has 6 aromatic rings. The molecule has 0 radical (unpaired) electrons. The zero-order valence-electron chi connectivity index (χ0n) is 33.6. The Balaban J connectivity index is 1.28. The van der Waals surface area contributed by atoms with E-state index in [1.54, 1.807) is 6.92 Å². The van der Waals surface area contributed by atoms with E-state index in [2.05, 4.69) is 183 Å². The average molecular weight is 742 g/mol. The molecule has 0 bridgehead atoms. The van der Waals surface area contributed by atoms with Crippen molar-refractivity contribution in [2.75, 3.05) is 28.2 Å². The number of ether oxygens (including phenoxy) is 1. The second-order valence-electron chi connectivity index (χ2n) is 15.3. The summed E-state index contributed by atoms with van der Waals surface area (Å²) in [5, 5.41) is 6.20. The van der Waals surface area contributed by atoms with Gasteiger partial charge in [0.05, 0.1) is 6.04 Å². The van der Waals surface area contributed by atoms with Crippen LogP contribution in [0.4, 0.5) is 28.4 Å². The average Bonchev–Trinajstić information content (AvgIpc) is 3.22. The zero-order valence-corrected chi connectivity index (χ0v) is 33.6. The molecule has 0 aliphatic heterocycles. The van der Waals surface area contributed by atoms with Gasteiger partial charge >= 0.3 is 5.97 Å². The van der Waals surface area contributed by atoms with Crippen LogP contribution in [-0.2, 0) is 9.53 Å². The fraction of sp³-hybridized carbons (Fsp3) is 0.275. The number of hydrogen-bond donors (Lipinski definition) is 1. The van der Waals surface area contributed by atoms with Crippen molar-refractivity contribution >= 4 is 45.2 Å². The first kappa shape index (κ1) is 38.5. The fourth-order valence-corrected chi connectivity index (χ4v) is 8.26. The van der Waals surface area contributed by atoms with Gasteiger partial charge in [-0.1, -0.05) is 103 Å². The number of esters is 1. The third kappa shape index (κ3) is 8.38. The van der Waals surface area contributed by atoms with E-state index in [1.165, 1.54) is 56.0 Å². The van der Waals surface area contributed by atoms with Crippen LogP contribution in [-0.4, -0.2) is 31.2 Å². The predicted molar refractivity (Wildman–Crippen MR) is 236 cm³/mol. The second kappa shape index (κ2) is 17.3. The van der Waals surface area contributed by atoms with Crippen molar-refractivity contribution in [2.45, 2.75) is 78.4 Å². The van der Waals surface area contributed by atoms with Crippen molar-refractivity contribution in [3.05, 3.63) is 173 Å². The van der Waals surface area contributed by atoms with E-state index in [1.807, 2.05) is 0 Å². The zero-order chi connectivity index (χ0) is 39.2. The van der Waals surface area contributed by atoms with Gasteiger partial charge in [0.25, 0.3) is 0 Å². The van der Waals surface area contributed by atoms with Crippen LogP contribution in [0.25, 0.3) is 10.8 Å². The number of hydrogen-bond acceptors (Lipinski definition) is 5. The maximum Gasteiger partial charge on any atom is 0.333 e. The number of nitrogens with one attached hydrogen (secondary N) is 1. The summed E-state index contributed by atoms with van der Waals surface area (Å²) in [7, 11) is 0. The highest BCUT2D eigenvalue weighted by Gasteiger charge is 2.29. The van der Waals surface area contributed by atoms with Gasteiger partial charge in [-0.25, -0.2) is 4.79 Å². The lowest BCUT2D eigenvalue weighted by atomic mass is 9.82. The molecule has 286 valence electrons. The number of carbonyl (C=O) groups excluding carboxylic acids is 1. The van der Waals surface area contributed by atoms with Gasteiger partial charge in [0.15, 0.2) is 0 Å². The van der Waals surface area contributed by atoms with E-state index >= 15 is 0 Å². The molecule has 0 amide bonds. The highest BCUT2D eigenvalue weighted by molar-refractivity contribution is 5.97. The summed E-state index contributed by atoms with van der Waals surface area (Å²) in [4.78, 5) is 17.3. The van der Waals surface area contributed by atoms with E-state index in [0.717, 1.165) is 49.8 Å². The molecule has 0 saturated heterocycles. The molecule has 2 unspecified atom stereocenters. The number of rotatable bonds is 13. The van der Waals surface area contributed by atoms with Gasteiger partial charge in [0.1, 0.15) is 6.10 Å². The summed E-state index contributed by atoms with van der Waals surface area (Å²) in [6.07, 6.45) is 3.75. The van der Waals surface area contributed by atoms with E-state index in [4.69, 9.17) is 4.74 Å². The predicted octanol–water partition coefficient (Wildman–Crippen LogP) is 12.8. The normalized spacial score (nSPS) is 15.4. The van der Waals surface area contributed by atoms with Crippen molar-refractivity contribution in [1.82, 2.24) is 0 Å². The summed E-state index contributed by atoms with van der Waals surface area (Å²) in [5.41, 5.74) is 12.4. The van der Waals surface area contributed by atoms with Crippen molar-refractivity contribution in [1.29, 1.82) is 0 Å². The van der Waals surface area contributed by atoms with Crippen molar-refractivity contribution < 1.29 is 9.53 Å². The molecule has 0 aromatic heterocycles. The van der Waals surface area contributed by atoms with Crippen molar-refractivity contribution in [3.63, 3.8) is 0 Å². The molecule has 1 aliphatic carbocycles. The summed E-state index contributed by atoms with van der Waals surface area (Å²) < 4.78 is 5.96. The Morgan fingerprint density at radius 3 is 1.61 bits per heavy atom. The monoisotopic (exact) mass is 741 g/mol. The molecule has 0 heterocycles. The van der Waals surface area contributed by atoms with E-state index in [9.17, 15) is 4.79 Å². The third-order valence-electron chi connectivity index (χ3n) is 11.3. The SMILES string of the molecule is C=C(C)C(=O)OC1CCCCC1Nc1ccc(C(c2ccc(N(CC)c3ccc(C)cc3)cc2)c2ccc(N(CC)c3ccc(C)cc3)cc2)c2ccccc12. The maximum atomic E-state index is 12.6. The molecule has 2 atom stereocenters. The fourth-order valence-electron chi connectivity index (χ4n) is 8.26. The van der Waals surface area contributed by atoms with Crippen LogP contribution in [0.1, 0.15) is 80.2 Å². The molecule has 56 heavy (non-hydrogen) atoms. The van der Waals surface area contributed by atoms with Crippen LogP contribution >= 0.6 is 0 Å². The molecule has 1 N–H and O–H groups in total. The van der Waals surface area contributed by atoms with Gasteiger partial charge in [-0.05, 0) is 131 Å². The summed E-state index contributed by atoms with van der Waals surface area (Å²) >= 11 is 0. The molecule has 1 aliphatic rings. The van der Waals surface area contributed by atoms with Crippen LogP contribution in [0.15, 0.2) is 146 Å². The second-order valence-corrected chi connectivity index (χ2v) is 15.3. The summed E-state index contributed by atoms with van der Waals surface area (Å²) in [5.74, 6) is -0.328. The minimum absolute atomic E-state index is 0.0140. The van der Waals surface area contributed by atoms with E-state index < -0.39 is 0 Å². The number of anilines is 5.